The molecule has 0 atom stereocenters. The SMILES string of the molecule is C\C=c1/[nH]nc/c1=C(OCc1ccccc1)/C(=C\N)C(=O)c1ccccc1. The highest BCUT2D eigenvalue weighted by Crippen LogP contribution is 2.18. The Bertz CT molecular complexity index is 1050. The van der Waals surface area contributed by atoms with Gasteiger partial charge in [0.2, 0.25) is 0 Å². The third-order valence-electron chi connectivity index (χ3n) is 4.12. The Balaban J connectivity index is 2.07. The summed E-state index contributed by atoms with van der Waals surface area (Å²) in [6, 6.07) is 18.7. The first kappa shape index (κ1) is 18.2. The molecule has 27 heavy (non-hydrogen) atoms. The molecule has 3 N–H and O–H groups in total. The van der Waals surface area contributed by atoms with Crippen LogP contribution in [-0.2, 0) is 11.3 Å². The van der Waals surface area contributed by atoms with Crippen LogP contribution in [0.2, 0.25) is 0 Å². The van der Waals surface area contributed by atoms with Gasteiger partial charge in [-0.1, -0.05) is 66.7 Å². The second kappa shape index (κ2) is 8.67. The molecule has 0 saturated heterocycles. The lowest BCUT2D eigenvalue weighted by Gasteiger charge is -2.13. The van der Waals surface area contributed by atoms with Crippen molar-refractivity contribution in [1.82, 2.24) is 10.2 Å². The van der Waals surface area contributed by atoms with Crippen LogP contribution in [0.4, 0.5) is 0 Å². The number of hydrogen-bond donors (Lipinski definition) is 2. The first-order valence-corrected chi connectivity index (χ1v) is 8.63. The Morgan fingerprint density at radius 1 is 1.11 bits per heavy atom. The van der Waals surface area contributed by atoms with Gasteiger partial charge in [0.25, 0.3) is 0 Å². The molecule has 136 valence electrons. The highest BCUT2D eigenvalue weighted by atomic mass is 16.5. The minimum Gasteiger partial charge on any atom is -0.487 e. The van der Waals surface area contributed by atoms with Gasteiger partial charge in [-0.25, -0.2) is 0 Å². The van der Waals surface area contributed by atoms with Gasteiger partial charge >= 0.3 is 0 Å². The van der Waals surface area contributed by atoms with Crippen molar-refractivity contribution >= 4 is 17.6 Å². The van der Waals surface area contributed by atoms with E-state index < -0.39 is 0 Å². The molecule has 5 nitrogen and oxygen atoms in total. The lowest BCUT2D eigenvalue weighted by molar-refractivity contribution is 0.103. The number of rotatable bonds is 6. The minimum atomic E-state index is -0.204. The van der Waals surface area contributed by atoms with E-state index in [0.29, 0.717) is 28.7 Å². The van der Waals surface area contributed by atoms with Crippen molar-refractivity contribution in [1.29, 1.82) is 0 Å². The molecular weight excluding hydrogens is 338 g/mol. The number of nitrogens with one attached hydrogen (secondary N) is 1. The Morgan fingerprint density at radius 3 is 2.41 bits per heavy atom. The van der Waals surface area contributed by atoms with Crippen LogP contribution in [0, 0.1) is 0 Å². The van der Waals surface area contributed by atoms with Crippen LogP contribution >= 0.6 is 0 Å². The fourth-order valence-electron chi connectivity index (χ4n) is 2.73. The predicted octanol–water partition coefficient (Wildman–Crippen LogP) is 2.26. The molecule has 0 radical (unpaired) electrons. The maximum absolute atomic E-state index is 13.0. The van der Waals surface area contributed by atoms with Crippen molar-refractivity contribution in [2.45, 2.75) is 13.5 Å². The maximum atomic E-state index is 13.0. The second-order valence-electron chi connectivity index (χ2n) is 5.86. The number of hydrogen-bond acceptors (Lipinski definition) is 4. The van der Waals surface area contributed by atoms with E-state index in [1.54, 1.807) is 18.3 Å². The number of ketones is 1. The van der Waals surface area contributed by atoms with Crippen molar-refractivity contribution < 1.29 is 9.53 Å². The molecule has 0 aliphatic carbocycles. The quantitative estimate of drug-likeness (QED) is 0.523. The van der Waals surface area contributed by atoms with E-state index in [2.05, 4.69) is 10.2 Å². The third kappa shape index (κ3) is 4.15. The Hall–Kier alpha value is -3.60. The average Bonchev–Trinajstić information content (AvgIpc) is 3.20. The van der Waals surface area contributed by atoms with Crippen LogP contribution < -0.4 is 16.3 Å². The zero-order valence-electron chi connectivity index (χ0n) is 15.1. The molecule has 2 aromatic carbocycles. The fourth-order valence-corrected chi connectivity index (χ4v) is 2.73. The van der Waals surface area contributed by atoms with E-state index in [1.165, 1.54) is 6.20 Å². The van der Waals surface area contributed by atoms with E-state index in [4.69, 9.17) is 10.5 Å². The molecule has 0 aliphatic heterocycles. The number of carbonyl (C=O) groups excluding carboxylic acids is 1. The van der Waals surface area contributed by atoms with Crippen molar-refractivity contribution in [2.75, 3.05) is 0 Å². The molecule has 0 unspecified atom stereocenters. The van der Waals surface area contributed by atoms with Gasteiger partial charge in [-0.2, -0.15) is 5.10 Å². The van der Waals surface area contributed by atoms with Gasteiger partial charge in [-0.05, 0) is 12.5 Å². The fraction of sp³-hybridized carbons (Fsp3) is 0.0909. The highest BCUT2D eigenvalue weighted by molar-refractivity contribution is 6.15. The van der Waals surface area contributed by atoms with Gasteiger partial charge in [0, 0.05) is 11.8 Å². The van der Waals surface area contributed by atoms with Crippen LogP contribution in [0.5, 0.6) is 0 Å². The Kier molecular flexibility index (Phi) is 5.84. The summed E-state index contributed by atoms with van der Waals surface area (Å²) in [5.41, 5.74) is 7.68. The number of Topliss-reactive ketones (excluding diaryl/α,β-unsaturated/α-hetero) is 1. The second-order valence-corrected chi connectivity index (χ2v) is 5.86. The van der Waals surface area contributed by atoms with Gasteiger partial charge in [-0.15, -0.1) is 0 Å². The van der Waals surface area contributed by atoms with Crippen LogP contribution in [0.25, 0.3) is 11.8 Å². The standard InChI is InChI=1S/C22H21N3O2/c1-2-20-19(14-24-25-20)22(27-15-16-9-5-3-6-10-16)18(13-23)21(26)17-11-7-4-8-12-17/h2-14,25H,15,23H2,1H3/b18-13-,20-2-,22-19+. The summed E-state index contributed by atoms with van der Waals surface area (Å²) in [6.45, 7) is 2.20. The van der Waals surface area contributed by atoms with Crippen LogP contribution in [-0.4, -0.2) is 16.0 Å². The Labute approximate surface area is 157 Å². The van der Waals surface area contributed by atoms with Crippen LogP contribution in [0.3, 0.4) is 0 Å². The number of ether oxygens (including phenoxy) is 1. The average molecular weight is 359 g/mol. The summed E-state index contributed by atoms with van der Waals surface area (Å²) in [5, 5.41) is 8.44. The summed E-state index contributed by atoms with van der Waals surface area (Å²) in [4.78, 5) is 13.0. The van der Waals surface area contributed by atoms with Crippen molar-refractivity contribution in [3.8, 4) is 0 Å². The summed E-state index contributed by atoms with van der Waals surface area (Å²) in [5.74, 6) is 0.196. The lowest BCUT2D eigenvalue weighted by atomic mass is 10.0. The number of aromatic amines is 1. The van der Waals surface area contributed by atoms with Gasteiger partial charge in [-0.3, -0.25) is 9.89 Å². The number of H-pyrrole nitrogens is 1. The van der Waals surface area contributed by atoms with E-state index in [0.717, 1.165) is 10.9 Å². The van der Waals surface area contributed by atoms with Crippen LogP contribution in [0.15, 0.2) is 78.6 Å². The summed E-state index contributed by atoms with van der Waals surface area (Å²) >= 11 is 0. The number of nitrogens with two attached hydrogens (primary N) is 1. The highest BCUT2D eigenvalue weighted by Gasteiger charge is 2.19. The minimum absolute atomic E-state index is 0.204. The number of carbonyl (C=O) groups is 1. The topological polar surface area (TPSA) is 81.0 Å². The maximum Gasteiger partial charge on any atom is 0.198 e. The monoisotopic (exact) mass is 359 g/mol. The molecule has 0 spiro atoms. The van der Waals surface area contributed by atoms with Crippen molar-refractivity contribution in [3.05, 3.63) is 100 Å². The molecule has 0 bridgehead atoms. The molecule has 1 aromatic heterocycles. The molecule has 1 heterocycles. The van der Waals surface area contributed by atoms with Gasteiger partial charge in [0.15, 0.2) is 5.78 Å². The van der Waals surface area contributed by atoms with E-state index in [-0.39, 0.29) is 5.78 Å². The molecule has 0 fully saturated rings. The largest absolute Gasteiger partial charge is 0.487 e. The zero-order valence-corrected chi connectivity index (χ0v) is 15.1. The predicted molar refractivity (Wildman–Crippen MR) is 106 cm³/mol. The first-order chi connectivity index (χ1) is 13.2. The first-order valence-electron chi connectivity index (χ1n) is 8.63. The van der Waals surface area contributed by atoms with Gasteiger partial charge < -0.3 is 10.5 Å². The van der Waals surface area contributed by atoms with Crippen molar-refractivity contribution in [2.24, 2.45) is 5.73 Å². The van der Waals surface area contributed by atoms with Gasteiger partial charge in [0.05, 0.1) is 22.3 Å². The Morgan fingerprint density at radius 2 is 1.78 bits per heavy atom. The summed E-state index contributed by atoms with van der Waals surface area (Å²) < 4.78 is 6.08. The number of aromatic nitrogens is 2. The molecule has 0 amide bonds. The molecule has 3 aromatic rings. The van der Waals surface area contributed by atoms with E-state index >= 15 is 0 Å². The molecule has 0 saturated carbocycles. The number of benzene rings is 2. The molecule has 3 rings (SSSR count). The van der Waals surface area contributed by atoms with E-state index in [1.807, 2.05) is 61.5 Å². The smallest absolute Gasteiger partial charge is 0.198 e. The molecule has 5 heteroatoms. The lowest BCUT2D eigenvalue weighted by Crippen LogP contribution is -2.28. The molecular formula is C22H21N3O2. The summed E-state index contributed by atoms with van der Waals surface area (Å²) in [7, 11) is 0. The van der Waals surface area contributed by atoms with Crippen LogP contribution in [0.1, 0.15) is 22.8 Å². The molecule has 0 aliphatic rings. The zero-order chi connectivity index (χ0) is 19.1. The van der Waals surface area contributed by atoms with Crippen molar-refractivity contribution in [3.63, 3.8) is 0 Å². The van der Waals surface area contributed by atoms with E-state index in [9.17, 15) is 4.79 Å². The number of nitrogens with zero attached hydrogens (tertiary/aromatic N) is 1. The normalized spacial score (nSPS) is 13.4. The summed E-state index contributed by atoms with van der Waals surface area (Å²) in [6.07, 6.45) is 4.80. The third-order valence-corrected chi connectivity index (χ3v) is 4.12. The van der Waals surface area contributed by atoms with Gasteiger partial charge in [0.1, 0.15) is 12.4 Å².